The van der Waals surface area contributed by atoms with Gasteiger partial charge in [-0.2, -0.15) is 15.3 Å². The lowest BCUT2D eigenvalue weighted by Gasteiger charge is -2.24. The normalized spacial score (nSPS) is 10.0. The lowest BCUT2D eigenvalue weighted by atomic mass is 10.3. The van der Waals surface area contributed by atoms with Crippen molar-refractivity contribution >= 4 is 7.74 Å². The summed E-state index contributed by atoms with van der Waals surface area (Å²) in [7, 11) is -3.50. The van der Waals surface area contributed by atoms with Crippen LogP contribution in [-0.4, -0.2) is 0 Å². The van der Waals surface area contributed by atoms with E-state index in [1.807, 2.05) is 18.2 Å². The third-order valence-corrected chi connectivity index (χ3v) is 5.18. The Morgan fingerprint density at radius 2 is 1.00 bits per heavy atom. The number of nitriles is 2. The molecule has 0 heterocycles. The minimum atomic E-state index is -3.50. The van der Waals surface area contributed by atoms with Crippen LogP contribution >= 0.6 is 7.74 Å². The molecular weight excluding hydrogens is 385 g/mol. The predicted molar refractivity (Wildman–Crippen MR) is 110 cm³/mol. The van der Waals surface area contributed by atoms with E-state index >= 15 is 0 Å². The maximum absolute atomic E-state index is 9.08. The second-order valence-electron chi connectivity index (χ2n) is 5.56. The first-order valence-electron chi connectivity index (χ1n) is 8.59. The van der Waals surface area contributed by atoms with Gasteiger partial charge in [0, 0.05) is 0 Å². The van der Waals surface area contributed by atoms with E-state index in [1.165, 1.54) is 0 Å². The Bertz CT molecular complexity index is 979. The third kappa shape index (κ3) is 5.74. The van der Waals surface area contributed by atoms with Crippen LogP contribution in [0.2, 0.25) is 0 Å². The van der Waals surface area contributed by atoms with Gasteiger partial charge in [-0.25, -0.2) is 0 Å². The van der Waals surface area contributed by atoms with Gasteiger partial charge < -0.3 is 13.6 Å². The molecule has 0 aliphatic rings. The summed E-state index contributed by atoms with van der Waals surface area (Å²) in [5.74, 6) is 1.42. The molecule has 0 amide bonds. The van der Waals surface area contributed by atoms with Crippen LogP contribution in [0.15, 0.2) is 108 Å². The summed E-state index contributed by atoms with van der Waals surface area (Å²) in [4.78, 5) is 0. The monoisotopic (exact) mass is 401 g/mol. The van der Waals surface area contributed by atoms with Crippen LogP contribution in [0.3, 0.4) is 0 Å². The molecular formula is C22H16N3O3P. The Labute approximate surface area is 169 Å². The zero-order chi connectivity index (χ0) is 20.4. The number of benzene rings is 3. The van der Waals surface area contributed by atoms with Crippen LogP contribution in [0, 0.1) is 22.7 Å². The topological polar surface area (TPSA) is 87.6 Å². The molecule has 0 unspecified atom stereocenters. The van der Waals surface area contributed by atoms with Gasteiger partial charge in [0.25, 0.3) is 0 Å². The zero-order valence-corrected chi connectivity index (χ0v) is 16.1. The van der Waals surface area contributed by atoms with E-state index in [1.54, 1.807) is 84.9 Å². The molecule has 0 atom stereocenters. The Morgan fingerprint density at radius 3 is 1.31 bits per heavy atom. The summed E-state index contributed by atoms with van der Waals surface area (Å²) >= 11 is 0. The minimum absolute atomic E-state index is 0.195. The van der Waals surface area contributed by atoms with E-state index in [9.17, 15) is 0 Å². The Balaban J connectivity index is 2.13. The van der Waals surface area contributed by atoms with E-state index in [2.05, 4.69) is 4.74 Å². The van der Waals surface area contributed by atoms with Crippen molar-refractivity contribution < 1.29 is 13.6 Å². The van der Waals surface area contributed by atoms with Gasteiger partial charge >= 0.3 is 7.74 Å². The molecule has 3 aromatic carbocycles. The molecule has 29 heavy (non-hydrogen) atoms. The summed E-state index contributed by atoms with van der Waals surface area (Å²) in [5, 5.41) is 18.2. The van der Waals surface area contributed by atoms with E-state index < -0.39 is 7.74 Å². The molecule has 0 N–H and O–H groups in total. The Hall–Kier alpha value is -3.99. The predicted octanol–water partition coefficient (Wildman–Crippen LogP) is 6.10. The highest BCUT2D eigenvalue weighted by molar-refractivity contribution is 7.52. The summed E-state index contributed by atoms with van der Waals surface area (Å²) in [6.45, 7) is 0. The SMILES string of the molecule is N#CC(C#N)=CN=P(Oc1ccccc1)(Oc1ccccc1)Oc1ccccc1. The van der Waals surface area contributed by atoms with Crippen molar-refractivity contribution in [2.75, 3.05) is 0 Å². The summed E-state index contributed by atoms with van der Waals surface area (Å²) in [6, 6.07) is 30.4. The molecule has 6 nitrogen and oxygen atoms in total. The molecule has 0 spiro atoms. The van der Waals surface area contributed by atoms with Crippen LogP contribution in [-0.2, 0) is 0 Å². The van der Waals surface area contributed by atoms with Gasteiger partial charge in [0.15, 0.2) is 0 Å². The van der Waals surface area contributed by atoms with Gasteiger partial charge in [0.05, 0.1) is 6.20 Å². The fourth-order valence-electron chi connectivity index (χ4n) is 2.18. The summed E-state index contributed by atoms with van der Waals surface area (Å²) in [6.07, 6.45) is 1.11. The van der Waals surface area contributed by atoms with Gasteiger partial charge in [0.1, 0.15) is 35.0 Å². The van der Waals surface area contributed by atoms with Crippen molar-refractivity contribution in [3.63, 3.8) is 0 Å². The van der Waals surface area contributed by atoms with Crippen LogP contribution in [0.1, 0.15) is 0 Å². The molecule has 0 saturated carbocycles. The maximum atomic E-state index is 9.08. The highest BCUT2D eigenvalue weighted by atomic mass is 31.2. The lowest BCUT2D eigenvalue weighted by Crippen LogP contribution is -2.08. The minimum Gasteiger partial charge on any atom is -0.401 e. The molecule has 0 radical (unpaired) electrons. The van der Waals surface area contributed by atoms with E-state index in [4.69, 9.17) is 24.1 Å². The standard InChI is InChI=1S/C22H16N3O3P/c23-16-19(17-24)18-25-29(26-20-10-4-1-5-11-20,27-21-12-6-2-7-13-21)28-22-14-8-3-9-15-22/h1-15,18H. The second kappa shape index (κ2) is 9.80. The molecule has 0 aliphatic carbocycles. The van der Waals surface area contributed by atoms with Crippen molar-refractivity contribution in [2.24, 2.45) is 4.74 Å². The van der Waals surface area contributed by atoms with Crippen LogP contribution < -0.4 is 13.6 Å². The first-order valence-corrected chi connectivity index (χ1v) is 10.1. The lowest BCUT2D eigenvalue weighted by molar-refractivity contribution is 0.370. The summed E-state index contributed by atoms with van der Waals surface area (Å²) in [5.41, 5.74) is -0.195. The highest BCUT2D eigenvalue weighted by Gasteiger charge is 2.30. The van der Waals surface area contributed by atoms with Gasteiger partial charge in [-0.3, -0.25) is 0 Å². The third-order valence-electron chi connectivity index (χ3n) is 3.46. The number of allylic oxidation sites excluding steroid dienone is 1. The average Bonchev–Trinajstić information content (AvgIpc) is 2.76. The van der Waals surface area contributed by atoms with E-state index in [0.29, 0.717) is 17.2 Å². The highest BCUT2D eigenvalue weighted by Crippen LogP contribution is 2.53. The van der Waals surface area contributed by atoms with Crippen LogP contribution in [0.5, 0.6) is 17.2 Å². The average molecular weight is 401 g/mol. The summed E-state index contributed by atoms with van der Waals surface area (Å²) < 4.78 is 22.6. The van der Waals surface area contributed by atoms with E-state index in [0.717, 1.165) is 6.20 Å². The molecule has 142 valence electrons. The largest absolute Gasteiger partial charge is 0.527 e. The van der Waals surface area contributed by atoms with Crippen LogP contribution in [0.4, 0.5) is 0 Å². The van der Waals surface area contributed by atoms with Crippen LogP contribution in [0.25, 0.3) is 0 Å². The molecule has 0 saturated heterocycles. The fraction of sp³-hybridized carbons (Fsp3) is 0. The number of rotatable bonds is 7. The number of hydrogen-bond donors (Lipinski definition) is 0. The van der Waals surface area contributed by atoms with Gasteiger partial charge in [0.2, 0.25) is 0 Å². The second-order valence-corrected chi connectivity index (χ2v) is 7.28. The smallest absolute Gasteiger partial charge is 0.401 e. The van der Waals surface area contributed by atoms with Gasteiger partial charge in [-0.1, -0.05) is 54.6 Å². The number of para-hydroxylation sites is 3. The van der Waals surface area contributed by atoms with Crippen molar-refractivity contribution in [3.05, 3.63) is 103 Å². The Kier molecular flexibility index (Phi) is 6.68. The molecule has 0 aromatic heterocycles. The maximum Gasteiger partial charge on any atom is 0.527 e. The fourth-order valence-corrected chi connectivity index (χ4v) is 3.86. The number of hydrogen-bond acceptors (Lipinski definition) is 6. The Morgan fingerprint density at radius 1 is 0.655 bits per heavy atom. The van der Waals surface area contributed by atoms with Gasteiger partial charge in [-0.15, -0.1) is 0 Å². The number of nitrogens with zero attached hydrogens (tertiary/aromatic N) is 3. The van der Waals surface area contributed by atoms with Crippen molar-refractivity contribution in [1.29, 1.82) is 10.5 Å². The van der Waals surface area contributed by atoms with Gasteiger partial charge in [-0.05, 0) is 36.4 Å². The van der Waals surface area contributed by atoms with Crippen molar-refractivity contribution in [2.45, 2.75) is 0 Å². The first kappa shape index (κ1) is 19.8. The first-order chi connectivity index (χ1) is 14.2. The van der Waals surface area contributed by atoms with E-state index in [-0.39, 0.29) is 5.57 Å². The van der Waals surface area contributed by atoms with Crippen molar-refractivity contribution in [3.8, 4) is 29.4 Å². The zero-order valence-electron chi connectivity index (χ0n) is 15.3. The molecule has 0 bridgehead atoms. The molecule has 0 aliphatic heterocycles. The quantitative estimate of drug-likeness (QED) is 0.352. The molecule has 7 heteroatoms. The molecule has 3 aromatic rings. The molecule has 0 fully saturated rings. The van der Waals surface area contributed by atoms with Crippen molar-refractivity contribution in [1.82, 2.24) is 0 Å². The molecule has 3 rings (SSSR count).